The molecule has 29 heavy (non-hydrogen) atoms. The molecule has 1 saturated carbocycles. The van der Waals surface area contributed by atoms with Crippen molar-refractivity contribution in [2.24, 2.45) is 11.8 Å². The number of hydrogen-bond acceptors (Lipinski definition) is 6. The van der Waals surface area contributed by atoms with Crippen LogP contribution in [-0.2, 0) is 20.9 Å². The van der Waals surface area contributed by atoms with Gasteiger partial charge in [-0.2, -0.15) is 0 Å². The minimum absolute atomic E-state index is 0.0168. The molecule has 1 aromatic rings. The van der Waals surface area contributed by atoms with Crippen LogP contribution in [0.3, 0.4) is 0 Å². The quantitative estimate of drug-likeness (QED) is 0.699. The van der Waals surface area contributed by atoms with Crippen LogP contribution < -0.4 is 4.74 Å². The number of fused-ring (bicyclic) bond motifs is 1. The predicted molar refractivity (Wildman–Crippen MR) is 106 cm³/mol. The minimum atomic E-state index is -0.250. The Kier molecular flexibility index (Phi) is 7.85. The highest BCUT2D eigenvalue weighted by molar-refractivity contribution is 5.77. The highest BCUT2D eigenvalue weighted by atomic mass is 16.5. The largest absolute Gasteiger partial charge is 0.484 e. The lowest BCUT2D eigenvalue weighted by atomic mass is 10.0. The highest BCUT2D eigenvalue weighted by Crippen LogP contribution is 2.38. The molecule has 0 spiro atoms. The first-order chi connectivity index (χ1) is 14.1. The van der Waals surface area contributed by atoms with Crippen molar-refractivity contribution in [2.45, 2.75) is 25.5 Å². The van der Waals surface area contributed by atoms with E-state index >= 15 is 0 Å². The fraction of sp³-hybridized carbons (Fsp3) is 0.619. The first-order valence-corrected chi connectivity index (χ1v) is 10.1. The van der Waals surface area contributed by atoms with Crippen LogP contribution in [0.15, 0.2) is 24.3 Å². The Bertz CT molecular complexity index is 648. The number of nitrogens with zero attached hydrogens (tertiary/aromatic N) is 2. The molecular formula is C21H30N2O6. The Morgan fingerprint density at radius 1 is 1.14 bits per heavy atom. The van der Waals surface area contributed by atoms with Gasteiger partial charge >= 0.3 is 0 Å². The van der Waals surface area contributed by atoms with Crippen LogP contribution in [0, 0.1) is 11.8 Å². The summed E-state index contributed by atoms with van der Waals surface area (Å²) in [7, 11) is 0. The van der Waals surface area contributed by atoms with Gasteiger partial charge in [-0.1, -0.05) is 12.1 Å². The van der Waals surface area contributed by atoms with Gasteiger partial charge in [0.15, 0.2) is 6.61 Å². The molecule has 160 valence electrons. The monoisotopic (exact) mass is 406 g/mol. The summed E-state index contributed by atoms with van der Waals surface area (Å²) in [5.41, 5.74) is 1.26. The molecule has 0 aromatic heterocycles. The smallest absolute Gasteiger partial charge is 0.290 e. The van der Waals surface area contributed by atoms with Crippen molar-refractivity contribution in [3.63, 3.8) is 0 Å². The van der Waals surface area contributed by atoms with Crippen LogP contribution in [0.4, 0.5) is 0 Å². The molecule has 1 amide bonds. The summed E-state index contributed by atoms with van der Waals surface area (Å²) in [6, 6.07) is 8.06. The number of carbonyl (C=O) groups excluding carboxylic acids is 1. The van der Waals surface area contributed by atoms with Crippen molar-refractivity contribution < 1.29 is 29.3 Å². The Morgan fingerprint density at radius 2 is 1.72 bits per heavy atom. The Labute approximate surface area is 171 Å². The van der Waals surface area contributed by atoms with Gasteiger partial charge in [-0.25, -0.2) is 0 Å². The molecule has 8 heteroatoms. The van der Waals surface area contributed by atoms with Gasteiger partial charge in [0.05, 0.1) is 19.3 Å². The van der Waals surface area contributed by atoms with E-state index in [4.69, 9.17) is 19.4 Å². The summed E-state index contributed by atoms with van der Waals surface area (Å²) in [5, 5.41) is 16.6. The summed E-state index contributed by atoms with van der Waals surface area (Å²) in [5.74, 6) is 2.08. The number of amides is 1. The van der Waals surface area contributed by atoms with Crippen LogP contribution >= 0.6 is 0 Å². The second-order valence-corrected chi connectivity index (χ2v) is 7.87. The Balaban J connectivity index is 0.000000755. The van der Waals surface area contributed by atoms with Gasteiger partial charge in [-0.3, -0.25) is 14.5 Å². The number of morpholine rings is 1. The van der Waals surface area contributed by atoms with Gasteiger partial charge in [-0.05, 0) is 42.4 Å². The van der Waals surface area contributed by atoms with Crippen molar-refractivity contribution in [3.8, 4) is 5.75 Å². The summed E-state index contributed by atoms with van der Waals surface area (Å²) >= 11 is 0. The number of aliphatic hydroxyl groups is 1. The second kappa shape index (κ2) is 10.6. The predicted octanol–water partition coefficient (Wildman–Crippen LogP) is 0.828. The molecule has 2 heterocycles. The first kappa shape index (κ1) is 21.5. The van der Waals surface area contributed by atoms with Gasteiger partial charge in [-0.15, -0.1) is 0 Å². The number of carbonyl (C=O) groups is 2. The summed E-state index contributed by atoms with van der Waals surface area (Å²) < 4.78 is 10.9. The van der Waals surface area contributed by atoms with Gasteiger partial charge in [0, 0.05) is 32.7 Å². The van der Waals surface area contributed by atoms with Gasteiger partial charge in [0.2, 0.25) is 0 Å². The zero-order valence-electron chi connectivity index (χ0n) is 16.6. The fourth-order valence-electron chi connectivity index (χ4n) is 4.49. The molecule has 2 aliphatic heterocycles. The van der Waals surface area contributed by atoms with E-state index in [0.29, 0.717) is 38.1 Å². The third-order valence-corrected chi connectivity index (χ3v) is 5.86. The molecule has 1 aromatic carbocycles. The number of rotatable bonds is 5. The van der Waals surface area contributed by atoms with Crippen LogP contribution in [0.2, 0.25) is 0 Å². The van der Waals surface area contributed by atoms with E-state index < -0.39 is 0 Å². The molecule has 1 unspecified atom stereocenters. The van der Waals surface area contributed by atoms with E-state index in [-0.39, 0.29) is 25.1 Å². The van der Waals surface area contributed by atoms with Gasteiger partial charge < -0.3 is 24.6 Å². The molecule has 4 rings (SSSR count). The lowest BCUT2D eigenvalue weighted by molar-refractivity contribution is -0.137. The standard InChI is InChI=1S/C20H28N2O4.CH2O2/c23-18-9-16-12-21(13-17(16)10-18)11-15-1-3-19(4-2-15)26-14-20(24)22-5-7-25-8-6-22;2-1-3/h1-4,16-18,23H,5-14H2;1H,(H,2,3)/t16-,17+,18?;. The number of likely N-dealkylation sites (tertiary alicyclic amines) is 1. The van der Waals surface area contributed by atoms with E-state index in [1.165, 1.54) is 5.56 Å². The van der Waals surface area contributed by atoms with Crippen molar-refractivity contribution in [1.29, 1.82) is 0 Å². The third kappa shape index (κ3) is 6.16. The minimum Gasteiger partial charge on any atom is -0.484 e. The number of ether oxygens (including phenoxy) is 2. The zero-order chi connectivity index (χ0) is 20.6. The van der Waals surface area contributed by atoms with Crippen LogP contribution in [0.25, 0.3) is 0 Å². The molecule has 2 saturated heterocycles. The molecule has 8 nitrogen and oxygen atoms in total. The van der Waals surface area contributed by atoms with Crippen molar-refractivity contribution in [1.82, 2.24) is 9.80 Å². The molecule has 1 aliphatic carbocycles. The normalized spacial score (nSPS) is 26.4. The van der Waals surface area contributed by atoms with E-state index in [9.17, 15) is 9.90 Å². The Hall–Kier alpha value is -2.16. The highest BCUT2D eigenvalue weighted by Gasteiger charge is 2.39. The van der Waals surface area contributed by atoms with Crippen molar-refractivity contribution >= 4 is 12.4 Å². The fourth-order valence-corrected chi connectivity index (χ4v) is 4.49. The lowest BCUT2D eigenvalue weighted by Crippen LogP contribution is -2.42. The van der Waals surface area contributed by atoms with E-state index in [2.05, 4.69) is 17.0 Å². The topological polar surface area (TPSA) is 99.5 Å². The molecule has 3 aliphatic rings. The molecule has 0 radical (unpaired) electrons. The SMILES string of the molecule is O=C(COc1ccc(CN2C[C@H]3CC(O)C[C@H]3C2)cc1)N1CCOCC1.O=CO. The van der Waals surface area contributed by atoms with Gasteiger partial charge in [0.1, 0.15) is 5.75 Å². The number of carboxylic acid groups (broad SMARTS) is 1. The number of benzene rings is 1. The maximum atomic E-state index is 12.1. The maximum Gasteiger partial charge on any atom is 0.290 e. The van der Waals surface area contributed by atoms with E-state index in [1.54, 1.807) is 4.90 Å². The number of hydrogen-bond donors (Lipinski definition) is 2. The molecule has 2 N–H and O–H groups in total. The lowest BCUT2D eigenvalue weighted by Gasteiger charge is -2.26. The van der Waals surface area contributed by atoms with E-state index in [1.807, 2.05) is 12.1 Å². The van der Waals surface area contributed by atoms with Crippen molar-refractivity contribution in [3.05, 3.63) is 29.8 Å². The second-order valence-electron chi connectivity index (χ2n) is 7.87. The Morgan fingerprint density at radius 3 is 2.31 bits per heavy atom. The summed E-state index contributed by atoms with van der Waals surface area (Å²) in [4.78, 5) is 24.7. The zero-order valence-corrected chi connectivity index (χ0v) is 16.6. The van der Waals surface area contributed by atoms with Crippen LogP contribution in [0.1, 0.15) is 18.4 Å². The first-order valence-electron chi connectivity index (χ1n) is 10.1. The maximum absolute atomic E-state index is 12.1. The summed E-state index contributed by atoms with van der Waals surface area (Å²) in [6.45, 7) is 5.47. The average molecular weight is 406 g/mol. The molecule has 3 atom stereocenters. The van der Waals surface area contributed by atoms with Crippen LogP contribution in [-0.4, -0.2) is 84.5 Å². The molecular weight excluding hydrogens is 376 g/mol. The average Bonchev–Trinajstić information content (AvgIpc) is 3.25. The number of aliphatic hydroxyl groups excluding tert-OH is 1. The summed E-state index contributed by atoms with van der Waals surface area (Å²) in [6.07, 6.45) is 1.85. The third-order valence-electron chi connectivity index (χ3n) is 5.86. The molecule has 0 bridgehead atoms. The van der Waals surface area contributed by atoms with Gasteiger partial charge in [0.25, 0.3) is 12.4 Å². The van der Waals surface area contributed by atoms with E-state index in [0.717, 1.165) is 38.2 Å². The van der Waals surface area contributed by atoms with Crippen molar-refractivity contribution in [2.75, 3.05) is 46.0 Å². The molecule has 3 fully saturated rings. The van der Waals surface area contributed by atoms with Crippen LogP contribution in [0.5, 0.6) is 5.75 Å².